The third-order valence-corrected chi connectivity index (χ3v) is 4.81. The normalized spacial score (nSPS) is 25.2. The van der Waals surface area contributed by atoms with E-state index in [4.69, 9.17) is 5.11 Å². The van der Waals surface area contributed by atoms with Crippen LogP contribution in [0.1, 0.15) is 33.1 Å². The first kappa shape index (κ1) is 13.8. The van der Waals surface area contributed by atoms with Crippen molar-refractivity contribution >= 4 is 17.7 Å². The van der Waals surface area contributed by atoms with Crippen LogP contribution in [0.15, 0.2) is 0 Å². The molecule has 16 heavy (non-hydrogen) atoms. The van der Waals surface area contributed by atoms with Gasteiger partial charge in [0, 0.05) is 17.5 Å². The molecule has 2 atom stereocenters. The zero-order valence-electron chi connectivity index (χ0n) is 10.3. The zero-order valence-corrected chi connectivity index (χ0v) is 11.1. The van der Waals surface area contributed by atoms with Gasteiger partial charge in [-0.25, -0.2) is 0 Å². The van der Waals surface area contributed by atoms with Gasteiger partial charge >= 0.3 is 5.97 Å². The highest BCUT2D eigenvalue weighted by Crippen LogP contribution is 2.35. The molecular formula is C12H23NO2S. The molecule has 1 N–H and O–H groups in total. The Morgan fingerprint density at radius 3 is 2.62 bits per heavy atom. The molecule has 0 bridgehead atoms. The lowest BCUT2D eigenvalue weighted by Crippen LogP contribution is -2.27. The van der Waals surface area contributed by atoms with Crippen molar-refractivity contribution in [3.05, 3.63) is 0 Å². The monoisotopic (exact) mass is 245 g/mol. The maximum absolute atomic E-state index is 11.0. The van der Waals surface area contributed by atoms with Crippen molar-refractivity contribution in [3.8, 4) is 0 Å². The molecule has 0 heterocycles. The van der Waals surface area contributed by atoms with E-state index in [1.807, 2.05) is 11.8 Å². The van der Waals surface area contributed by atoms with Crippen LogP contribution in [0.2, 0.25) is 0 Å². The number of hydrogen-bond acceptors (Lipinski definition) is 3. The summed E-state index contributed by atoms with van der Waals surface area (Å²) < 4.78 is 0. The number of carbonyl (C=O) groups is 1. The van der Waals surface area contributed by atoms with Gasteiger partial charge in [0.05, 0.1) is 5.92 Å². The fraction of sp³-hybridized carbons (Fsp3) is 0.917. The molecule has 94 valence electrons. The van der Waals surface area contributed by atoms with Crippen LogP contribution < -0.4 is 0 Å². The van der Waals surface area contributed by atoms with E-state index in [9.17, 15) is 4.79 Å². The van der Waals surface area contributed by atoms with Crippen molar-refractivity contribution in [1.29, 1.82) is 0 Å². The predicted octanol–water partition coefficient (Wildman–Crippen LogP) is 2.31. The second kappa shape index (κ2) is 7.17. The van der Waals surface area contributed by atoms with E-state index in [0.29, 0.717) is 5.25 Å². The summed E-state index contributed by atoms with van der Waals surface area (Å²) in [7, 11) is 0. The highest BCUT2D eigenvalue weighted by molar-refractivity contribution is 7.99. The molecule has 1 saturated carbocycles. The number of hydrogen-bond donors (Lipinski definition) is 1. The largest absolute Gasteiger partial charge is 0.481 e. The fourth-order valence-corrected chi connectivity index (χ4v) is 3.77. The molecule has 1 fully saturated rings. The Labute approximate surface area is 103 Å². The smallest absolute Gasteiger partial charge is 0.307 e. The van der Waals surface area contributed by atoms with Gasteiger partial charge in [0.25, 0.3) is 0 Å². The first-order valence-electron chi connectivity index (χ1n) is 6.25. The van der Waals surface area contributed by atoms with Crippen LogP contribution in [0.4, 0.5) is 0 Å². The number of thioether (sulfide) groups is 1. The number of rotatable bonds is 7. The Kier molecular flexibility index (Phi) is 6.21. The molecule has 1 rings (SSSR count). The molecule has 1 aliphatic rings. The summed E-state index contributed by atoms with van der Waals surface area (Å²) in [4.78, 5) is 13.4. The summed E-state index contributed by atoms with van der Waals surface area (Å²) in [6, 6.07) is 0. The maximum Gasteiger partial charge on any atom is 0.307 e. The molecule has 0 radical (unpaired) electrons. The highest BCUT2D eigenvalue weighted by atomic mass is 32.2. The summed E-state index contributed by atoms with van der Waals surface area (Å²) in [6.45, 7) is 7.60. The van der Waals surface area contributed by atoms with Crippen LogP contribution in [-0.4, -0.2) is 46.6 Å². The second-order valence-electron chi connectivity index (χ2n) is 4.31. The zero-order chi connectivity index (χ0) is 12.0. The molecule has 0 aromatic carbocycles. The standard InChI is InChI=1S/C12H23NO2S/c1-3-13(4-2)8-9-16-11-7-5-6-10(11)12(14)15/h10-11H,3-9H2,1-2H3,(H,14,15). The number of carboxylic acids is 1. The average molecular weight is 245 g/mol. The number of nitrogens with zero attached hydrogens (tertiary/aromatic N) is 1. The Hall–Kier alpha value is -0.220. The van der Waals surface area contributed by atoms with E-state index < -0.39 is 5.97 Å². The highest BCUT2D eigenvalue weighted by Gasteiger charge is 2.32. The molecule has 0 saturated heterocycles. The van der Waals surface area contributed by atoms with Crippen LogP contribution in [0.5, 0.6) is 0 Å². The number of aliphatic carboxylic acids is 1. The lowest BCUT2D eigenvalue weighted by molar-refractivity contribution is -0.141. The van der Waals surface area contributed by atoms with Gasteiger partial charge in [0.2, 0.25) is 0 Å². The minimum atomic E-state index is -0.599. The third kappa shape index (κ3) is 3.98. The van der Waals surface area contributed by atoms with Crippen molar-refractivity contribution in [3.63, 3.8) is 0 Å². The van der Waals surface area contributed by atoms with Gasteiger partial charge in [-0.1, -0.05) is 20.3 Å². The van der Waals surface area contributed by atoms with E-state index in [1.165, 1.54) is 0 Å². The molecule has 0 aromatic heterocycles. The van der Waals surface area contributed by atoms with Gasteiger partial charge in [-0.2, -0.15) is 11.8 Å². The van der Waals surface area contributed by atoms with Gasteiger partial charge in [0.15, 0.2) is 0 Å². The van der Waals surface area contributed by atoms with E-state index in [-0.39, 0.29) is 5.92 Å². The molecular weight excluding hydrogens is 222 g/mol. The van der Waals surface area contributed by atoms with Gasteiger partial charge in [-0.15, -0.1) is 0 Å². The minimum absolute atomic E-state index is 0.0956. The van der Waals surface area contributed by atoms with Crippen LogP contribution in [0.25, 0.3) is 0 Å². The van der Waals surface area contributed by atoms with Crippen LogP contribution in [0.3, 0.4) is 0 Å². The molecule has 0 aromatic rings. The summed E-state index contributed by atoms with van der Waals surface area (Å²) in [6.07, 6.45) is 3.04. The molecule has 0 spiro atoms. The molecule has 4 heteroatoms. The van der Waals surface area contributed by atoms with Gasteiger partial charge in [0.1, 0.15) is 0 Å². The van der Waals surface area contributed by atoms with Crippen molar-refractivity contribution in [2.24, 2.45) is 5.92 Å². The van der Waals surface area contributed by atoms with E-state index in [2.05, 4.69) is 18.7 Å². The average Bonchev–Trinajstić information content (AvgIpc) is 2.72. The van der Waals surface area contributed by atoms with Gasteiger partial charge < -0.3 is 10.0 Å². The Morgan fingerprint density at radius 1 is 1.38 bits per heavy atom. The first-order chi connectivity index (χ1) is 7.69. The van der Waals surface area contributed by atoms with Crippen LogP contribution in [-0.2, 0) is 4.79 Å². The van der Waals surface area contributed by atoms with E-state index in [0.717, 1.165) is 44.6 Å². The Balaban J connectivity index is 2.24. The summed E-state index contributed by atoms with van der Waals surface area (Å²) in [5, 5.41) is 9.42. The summed E-state index contributed by atoms with van der Waals surface area (Å²) in [5.41, 5.74) is 0. The molecule has 2 unspecified atom stereocenters. The first-order valence-corrected chi connectivity index (χ1v) is 7.30. The third-order valence-electron chi connectivity index (χ3n) is 3.40. The van der Waals surface area contributed by atoms with Crippen LogP contribution >= 0.6 is 11.8 Å². The van der Waals surface area contributed by atoms with Crippen molar-refractivity contribution in [2.45, 2.75) is 38.4 Å². The maximum atomic E-state index is 11.0. The lowest BCUT2D eigenvalue weighted by atomic mass is 10.1. The van der Waals surface area contributed by atoms with Crippen molar-refractivity contribution < 1.29 is 9.90 Å². The molecule has 0 amide bonds. The molecule has 1 aliphatic carbocycles. The topological polar surface area (TPSA) is 40.5 Å². The van der Waals surface area contributed by atoms with E-state index >= 15 is 0 Å². The lowest BCUT2D eigenvalue weighted by Gasteiger charge is -2.20. The van der Waals surface area contributed by atoms with Crippen molar-refractivity contribution in [2.75, 3.05) is 25.4 Å². The fourth-order valence-electron chi connectivity index (χ4n) is 2.28. The van der Waals surface area contributed by atoms with Crippen molar-refractivity contribution in [1.82, 2.24) is 4.90 Å². The Bertz CT molecular complexity index is 219. The number of carboxylic acid groups (broad SMARTS) is 1. The van der Waals surface area contributed by atoms with Crippen LogP contribution in [0, 0.1) is 5.92 Å². The quantitative estimate of drug-likeness (QED) is 0.747. The SMILES string of the molecule is CCN(CC)CCSC1CCCC1C(=O)O. The molecule has 0 aliphatic heterocycles. The predicted molar refractivity (Wildman–Crippen MR) is 69.0 cm³/mol. The minimum Gasteiger partial charge on any atom is -0.481 e. The summed E-state index contributed by atoms with van der Waals surface area (Å²) >= 11 is 1.86. The second-order valence-corrected chi connectivity index (χ2v) is 5.66. The summed E-state index contributed by atoms with van der Waals surface area (Å²) in [5.74, 6) is 0.371. The van der Waals surface area contributed by atoms with Gasteiger partial charge in [-0.05, 0) is 25.9 Å². The Morgan fingerprint density at radius 2 is 2.06 bits per heavy atom. The van der Waals surface area contributed by atoms with Gasteiger partial charge in [-0.3, -0.25) is 4.79 Å². The molecule has 3 nitrogen and oxygen atoms in total. The van der Waals surface area contributed by atoms with E-state index in [1.54, 1.807) is 0 Å².